The zero-order chi connectivity index (χ0) is 18.0. The third-order valence-corrected chi connectivity index (χ3v) is 4.58. The van der Waals surface area contributed by atoms with Gasteiger partial charge in [0.2, 0.25) is 0 Å². The highest BCUT2D eigenvalue weighted by Gasteiger charge is 2.28. The number of urea groups is 1. The highest BCUT2D eigenvalue weighted by atomic mass is 16.2. The van der Waals surface area contributed by atoms with Gasteiger partial charge >= 0.3 is 6.03 Å². The molecule has 0 saturated carbocycles. The Labute approximate surface area is 148 Å². The molecule has 0 unspecified atom stereocenters. The van der Waals surface area contributed by atoms with Gasteiger partial charge in [-0.05, 0) is 40.5 Å². The molecule has 1 aliphatic heterocycles. The van der Waals surface area contributed by atoms with E-state index in [0.29, 0.717) is 6.54 Å². The summed E-state index contributed by atoms with van der Waals surface area (Å²) < 4.78 is 3.91. The maximum absolute atomic E-state index is 12.6. The van der Waals surface area contributed by atoms with E-state index in [2.05, 4.69) is 52.9 Å². The molecule has 0 bridgehead atoms. The maximum Gasteiger partial charge on any atom is 0.321 e. The van der Waals surface area contributed by atoms with Crippen LogP contribution in [0.25, 0.3) is 0 Å². The van der Waals surface area contributed by atoms with Crippen molar-refractivity contribution in [2.75, 3.05) is 18.4 Å². The fourth-order valence-electron chi connectivity index (χ4n) is 3.15. The summed E-state index contributed by atoms with van der Waals surface area (Å²) in [6.07, 6.45) is 7.32. The molecular formula is C17H27N7O. The van der Waals surface area contributed by atoms with Crippen LogP contribution in [0.5, 0.6) is 0 Å². The Bertz CT molecular complexity index is 727. The van der Waals surface area contributed by atoms with Crippen molar-refractivity contribution in [2.24, 2.45) is 0 Å². The maximum atomic E-state index is 12.6. The number of carbonyl (C=O) groups excluding carboxylic acids is 1. The summed E-state index contributed by atoms with van der Waals surface area (Å²) in [5, 5.41) is 15.6. The van der Waals surface area contributed by atoms with E-state index in [1.165, 1.54) is 0 Å². The van der Waals surface area contributed by atoms with Crippen molar-refractivity contribution in [1.29, 1.82) is 0 Å². The monoisotopic (exact) mass is 345 g/mol. The predicted molar refractivity (Wildman–Crippen MR) is 95.5 cm³/mol. The SMILES string of the molecule is CCn1cnnc1[C@H]1CCCN(C(=O)Nc2cnn(C(C)(C)C)c2)C1. The van der Waals surface area contributed by atoms with Crippen LogP contribution in [0, 0.1) is 0 Å². The van der Waals surface area contributed by atoms with E-state index in [1.807, 2.05) is 15.8 Å². The van der Waals surface area contributed by atoms with E-state index >= 15 is 0 Å². The number of carbonyl (C=O) groups is 1. The summed E-state index contributed by atoms with van der Waals surface area (Å²) in [5.41, 5.74) is 0.613. The predicted octanol–water partition coefficient (Wildman–Crippen LogP) is 2.66. The molecule has 1 aliphatic rings. The van der Waals surface area contributed by atoms with Crippen LogP contribution in [0.2, 0.25) is 0 Å². The highest BCUT2D eigenvalue weighted by Crippen LogP contribution is 2.26. The Kier molecular flexibility index (Phi) is 4.78. The van der Waals surface area contributed by atoms with E-state index in [-0.39, 0.29) is 17.5 Å². The normalized spacial score (nSPS) is 18.4. The van der Waals surface area contributed by atoms with Gasteiger partial charge in [-0.2, -0.15) is 5.10 Å². The van der Waals surface area contributed by atoms with Crippen LogP contribution in [0.4, 0.5) is 10.5 Å². The van der Waals surface area contributed by atoms with Crippen LogP contribution >= 0.6 is 0 Å². The number of rotatable bonds is 3. The molecule has 3 rings (SSSR count). The summed E-state index contributed by atoms with van der Waals surface area (Å²) in [7, 11) is 0. The number of aromatic nitrogens is 5. The molecule has 1 fully saturated rings. The minimum atomic E-state index is -0.108. The molecular weight excluding hydrogens is 318 g/mol. The van der Waals surface area contributed by atoms with E-state index in [0.717, 1.165) is 37.4 Å². The van der Waals surface area contributed by atoms with Crippen molar-refractivity contribution in [3.63, 3.8) is 0 Å². The largest absolute Gasteiger partial charge is 0.324 e. The van der Waals surface area contributed by atoms with Crippen LogP contribution in [0.3, 0.4) is 0 Å². The van der Waals surface area contributed by atoms with Gasteiger partial charge in [0.05, 0.1) is 17.4 Å². The van der Waals surface area contributed by atoms with Gasteiger partial charge in [0, 0.05) is 31.7 Å². The fourth-order valence-corrected chi connectivity index (χ4v) is 3.15. The van der Waals surface area contributed by atoms with Crippen molar-refractivity contribution in [3.8, 4) is 0 Å². The van der Waals surface area contributed by atoms with Gasteiger partial charge < -0.3 is 14.8 Å². The molecule has 25 heavy (non-hydrogen) atoms. The minimum Gasteiger partial charge on any atom is -0.324 e. The molecule has 1 atom stereocenters. The summed E-state index contributed by atoms with van der Waals surface area (Å²) in [6, 6.07) is -0.0827. The van der Waals surface area contributed by atoms with Gasteiger partial charge in [0.15, 0.2) is 0 Å². The summed E-state index contributed by atoms with van der Waals surface area (Å²) in [6.45, 7) is 10.6. The zero-order valence-electron chi connectivity index (χ0n) is 15.4. The van der Waals surface area contributed by atoms with Gasteiger partial charge in [-0.25, -0.2) is 4.79 Å². The lowest BCUT2D eigenvalue weighted by Crippen LogP contribution is -2.42. The van der Waals surface area contributed by atoms with E-state index in [9.17, 15) is 4.79 Å². The van der Waals surface area contributed by atoms with Crippen molar-refractivity contribution in [2.45, 2.75) is 58.5 Å². The lowest BCUT2D eigenvalue weighted by molar-refractivity contribution is 0.190. The van der Waals surface area contributed by atoms with Crippen LogP contribution in [-0.2, 0) is 12.1 Å². The second kappa shape index (κ2) is 6.85. The number of hydrogen-bond acceptors (Lipinski definition) is 4. The molecule has 0 aromatic carbocycles. The van der Waals surface area contributed by atoms with Crippen molar-refractivity contribution in [3.05, 3.63) is 24.5 Å². The average molecular weight is 345 g/mol. The number of aryl methyl sites for hydroxylation is 1. The molecule has 1 saturated heterocycles. The number of hydrogen-bond donors (Lipinski definition) is 1. The van der Waals surface area contributed by atoms with Gasteiger partial charge in [0.25, 0.3) is 0 Å². The second-order valence-electron chi connectivity index (χ2n) is 7.53. The molecule has 1 N–H and O–H groups in total. The quantitative estimate of drug-likeness (QED) is 0.927. The van der Waals surface area contributed by atoms with Gasteiger partial charge in [-0.15, -0.1) is 10.2 Å². The topological polar surface area (TPSA) is 80.9 Å². The smallest absolute Gasteiger partial charge is 0.321 e. The number of anilines is 1. The Morgan fingerprint density at radius 3 is 2.88 bits per heavy atom. The number of piperidine rings is 1. The molecule has 0 spiro atoms. The standard InChI is InChI=1S/C17H27N7O/c1-5-22-12-18-21-15(22)13-7-6-8-23(10-13)16(25)20-14-9-19-24(11-14)17(2,3)4/h9,11-13H,5-8,10H2,1-4H3,(H,20,25)/t13-/m0/s1. The van der Waals surface area contributed by atoms with Crippen LogP contribution in [0.15, 0.2) is 18.7 Å². The number of amides is 2. The fraction of sp³-hybridized carbons (Fsp3) is 0.647. The number of nitrogens with zero attached hydrogens (tertiary/aromatic N) is 6. The molecule has 0 aliphatic carbocycles. The summed E-state index contributed by atoms with van der Waals surface area (Å²) >= 11 is 0. The van der Waals surface area contributed by atoms with E-state index in [1.54, 1.807) is 12.5 Å². The minimum absolute atomic E-state index is 0.0827. The van der Waals surface area contributed by atoms with Gasteiger partial charge in [-0.3, -0.25) is 4.68 Å². The lowest BCUT2D eigenvalue weighted by atomic mass is 9.97. The van der Waals surface area contributed by atoms with Crippen molar-refractivity contribution < 1.29 is 4.79 Å². The van der Waals surface area contributed by atoms with Crippen LogP contribution in [0.1, 0.15) is 52.3 Å². The molecule has 2 aromatic rings. The molecule has 136 valence electrons. The molecule has 8 heteroatoms. The van der Waals surface area contributed by atoms with E-state index < -0.39 is 0 Å². The zero-order valence-corrected chi connectivity index (χ0v) is 15.4. The number of likely N-dealkylation sites (tertiary alicyclic amines) is 1. The first kappa shape index (κ1) is 17.4. The Morgan fingerprint density at radius 2 is 2.20 bits per heavy atom. The molecule has 3 heterocycles. The first-order valence-electron chi connectivity index (χ1n) is 8.87. The van der Waals surface area contributed by atoms with Crippen molar-refractivity contribution >= 4 is 11.7 Å². The first-order chi connectivity index (χ1) is 11.9. The third kappa shape index (κ3) is 3.83. The van der Waals surface area contributed by atoms with Gasteiger partial charge in [-0.1, -0.05) is 0 Å². The van der Waals surface area contributed by atoms with E-state index in [4.69, 9.17) is 0 Å². The lowest BCUT2D eigenvalue weighted by Gasteiger charge is -2.32. The summed E-state index contributed by atoms with van der Waals surface area (Å²) in [4.78, 5) is 14.5. The van der Waals surface area contributed by atoms with Gasteiger partial charge in [0.1, 0.15) is 12.2 Å². The second-order valence-corrected chi connectivity index (χ2v) is 7.53. The molecule has 0 radical (unpaired) electrons. The average Bonchev–Trinajstić information content (AvgIpc) is 3.23. The summed E-state index contributed by atoms with van der Waals surface area (Å²) in [5.74, 6) is 1.21. The first-order valence-corrected chi connectivity index (χ1v) is 8.87. The van der Waals surface area contributed by atoms with Crippen LogP contribution in [-0.4, -0.2) is 48.6 Å². The highest BCUT2D eigenvalue weighted by molar-refractivity contribution is 5.89. The number of nitrogens with one attached hydrogen (secondary N) is 1. The van der Waals surface area contributed by atoms with Crippen LogP contribution < -0.4 is 5.32 Å². The van der Waals surface area contributed by atoms with Crippen molar-refractivity contribution in [1.82, 2.24) is 29.4 Å². The molecule has 8 nitrogen and oxygen atoms in total. The Hall–Kier alpha value is -2.38. The molecule has 2 amide bonds. The Balaban J connectivity index is 1.65. The molecule has 2 aromatic heterocycles. The third-order valence-electron chi connectivity index (χ3n) is 4.58. The Morgan fingerprint density at radius 1 is 1.40 bits per heavy atom.